The Morgan fingerprint density at radius 3 is 2.24 bits per heavy atom. The van der Waals surface area contributed by atoms with E-state index < -0.39 is 0 Å². The maximum absolute atomic E-state index is 6.42. The van der Waals surface area contributed by atoms with E-state index in [0.717, 1.165) is 19.4 Å². The Balaban J connectivity index is 2.60. The second-order valence-corrected chi connectivity index (χ2v) is 6.24. The summed E-state index contributed by atoms with van der Waals surface area (Å²) in [6.07, 6.45) is 1.95. The van der Waals surface area contributed by atoms with Gasteiger partial charge in [0.15, 0.2) is 0 Å². The van der Waals surface area contributed by atoms with Crippen LogP contribution < -0.4 is 0 Å². The number of ether oxygens (including phenoxy) is 1. The van der Waals surface area contributed by atoms with Crippen molar-refractivity contribution in [1.29, 1.82) is 0 Å². The van der Waals surface area contributed by atoms with E-state index in [0.29, 0.717) is 0 Å². The Kier molecular flexibility index (Phi) is 5.48. The normalized spacial score (nSPS) is 13.7. The molecule has 0 amide bonds. The molecule has 17 heavy (non-hydrogen) atoms. The van der Waals surface area contributed by atoms with Crippen LogP contribution in [0, 0.1) is 5.41 Å². The smallest absolute Gasteiger partial charge is 0.0590 e. The third-order valence-electron chi connectivity index (χ3n) is 2.73. The van der Waals surface area contributed by atoms with Crippen molar-refractivity contribution in [3.05, 3.63) is 35.4 Å². The molecule has 1 unspecified atom stereocenters. The summed E-state index contributed by atoms with van der Waals surface area (Å²) in [5.74, 6) is 0. The summed E-state index contributed by atoms with van der Waals surface area (Å²) in [5, 5.41) is 0.103. The first-order valence-electron chi connectivity index (χ1n) is 6.14. The molecule has 1 rings (SSSR count). The van der Waals surface area contributed by atoms with Gasteiger partial charge >= 0.3 is 0 Å². The number of methoxy groups -OCH3 is 1. The summed E-state index contributed by atoms with van der Waals surface area (Å²) >= 11 is 6.42. The molecule has 2 heteroatoms. The second-order valence-electron chi connectivity index (χ2n) is 5.72. The van der Waals surface area contributed by atoms with Crippen LogP contribution in [0.3, 0.4) is 0 Å². The third-order valence-corrected chi connectivity index (χ3v) is 3.13. The highest BCUT2D eigenvalue weighted by Gasteiger charge is 2.17. The zero-order valence-corrected chi connectivity index (χ0v) is 12.1. The predicted octanol–water partition coefficient (Wildman–Crippen LogP) is 4.59. The molecule has 0 N–H and O–H groups in total. The average molecular weight is 255 g/mol. The van der Waals surface area contributed by atoms with E-state index in [-0.39, 0.29) is 10.8 Å². The first-order valence-corrected chi connectivity index (χ1v) is 6.58. The minimum Gasteiger partial charge on any atom is -0.384 e. The summed E-state index contributed by atoms with van der Waals surface area (Å²) in [6.45, 7) is 7.42. The Morgan fingerprint density at radius 2 is 1.76 bits per heavy atom. The molecule has 0 spiro atoms. The Labute approximate surface area is 110 Å². The molecular formula is C15H23ClO. The van der Waals surface area contributed by atoms with E-state index in [1.807, 2.05) is 0 Å². The van der Waals surface area contributed by atoms with Crippen LogP contribution in [0.1, 0.15) is 43.7 Å². The highest BCUT2D eigenvalue weighted by Crippen LogP contribution is 2.33. The van der Waals surface area contributed by atoms with Crippen molar-refractivity contribution in [2.24, 2.45) is 5.41 Å². The molecule has 0 saturated carbocycles. The van der Waals surface area contributed by atoms with Crippen molar-refractivity contribution in [3.8, 4) is 0 Å². The highest BCUT2D eigenvalue weighted by molar-refractivity contribution is 6.20. The Bertz CT molecular complexity index is 324. The molecule has 1 aromatic carbocycles. The zero-order chi connectivity index (χ0) is 12.9. The molecule has 1 atom stereocenters. The van der Waals surface area contributed by atoms with Crippen molar-refractivity contribution >= 4 is 11.6 Å². The molecule has 0 bridgehead atoms. The molecule has 1 aromatic rings. The van der Waals surface area contributed by atoms with E-state index in [2.05, 4.69) is 45.0 Å². The van der Waals surface area contributed by atoms with Crippen LogP contribution in [-0.4, -0.2) is 13.7 Å². The molecule has 0 aliphatic rings. The number of hydrogen-bond donors (Lipinski definition) is 0. The quantitative estimate of drug-likeness (QED) is 0.699. The lowest BCUT2D eigenvalue weighted by atomic mass is 9.88. The van der Waals surface area contributed by atoms with E-state index in [1.165, 1.54) is 11.1 Å². The lowest BCUT2D eigenvalue weighted by Crippen LogP contribution is -2.08. The van der Waals surface area contributed by atoms with Gasteiger partial charge in [-0.3, -0.25) is 0 Å². The number of rotatable bonds is 5. The van der Waals surface area contributed by atoms with Crippen LogP contribution in [0.4, 0.5) is 0 Å². The first kappa shape index (κ1) is 14.5. The number of hydrogen-bond acceptors (Lipinski definition) is 1. The number of benzene rings is 1. The topological polar surface area (TPSA) is 9.23 Å². The Morgan fingerprint density at radius 1 is 1.18 bits per heavy atom. The van der Waals surface area contributed by atoms with Crippen LogP contribution in [0.15, 0.2) is 24.3 Å². The molecule has 0 heterocycles. The third kappa shape index (κ3) is 5.56. The summed E-state index contributed by atoms with van der Waals surface area (Å²) < 4.78 is 5.06. The minimum atomic E-state index is 0.103. The molecule has 0 aromatic heterocycles. The maximum Gasteiger partial charge on any atom is 0.0590 e. The Hall–Kier alpha value is -0.530. The van der Waals surface area contributed by atoms with E-state index in [1.54, 1.807) is 7.11 Å². The standard InChI is InChI=1S/C15H23ClO/c1-15(2,3)11-14(16)13-7-5-12(6-8-13)9-10-17-4/h5-8,14H,9-11H2,1-4H3. The van der Waals surface area contributed by atoms with E-state index in [9.17, 15) is 0 Å². The van der Waals surface area contributed by atoms with Gasteiger partial charge in [0.25, 0.3) is 0 Å². The summed E-state index contributed by atoms with van der Waals surface area (Å²) in [4.78, 5) is 0. The second kappa shape index (κ2) is 6.42. The van der Waals surface area contributed by atoms with Crippen LogP contribution in [-0.2, 0) is 11.2 Å². The van der Waals surface area contributed by atoms with Gasteiger partial charge in [0, 0.05) is 7.11 Å². The van der Waals surface area contributed by atoms with Crippen molar-refractivity contribution in [2.45, 2.75) is 39.0 Å². The average Bonchev–Trinajstić information content (AvgIpc) is 2.24. The number of halogens is 1. The molecule has 0 fully saturated rings. The number of alkyl halides is 1. The van der Waals surface area contributed by atoms with Crippen molar-refractivity contribution in [3.63, 3.8) is 0 Å². The van der Waals surface area contributed by atoms with Crippen LogP contribution in [0.2, 0.25) is 0 Å². The lowest BCUT2D eigenvalue weighted by molar-refractivity contribution is 0.202. The molecule has 96 valence electrons. The van der Waals surface area contributed by atoms with Crippen LogP contribution in [0.5, 0.6) is 0 Å². The van der Waals surface area contributed by atoms with Gasteiger partial charge in [-0.1, -0.05) is 45.0 Å². The largest absolute Gasteiger partial charge is 0.384 e. The lowest BCUT2D eigenvalue weighted by Gasteiger charge is -2.22. The fraction of sp³-hybridized carbons (Fsp3) is 0.600. The molecular weight excluding hydrogens is 232 g/mol. The fourth-order valence-electron chi connectivity index (χ4n) is 1.77. The van der Waals surface area contributed by atoms with Crippen molar-refractivity contribution in [1.82, 2.24) is 0 Å². The summed E-state index contributed by atoms with van der Waals surface area (Å²) in [5.41, 5.74) is 2.78. The summed E-state index contributed by atoms with van der Waals surface area (Å²) in [7, 11) is 1.73. The molecule has 0 aliphatic carbocycles. The fourth-order valence-corrected chi connectivity index (χ4v) is 2.38. The van der Waals surface area contributed by atoms with E-state index >= 15 is 0 Å². The molecule has 1 nitrogen and oxygen atoms in total. The van der Waals surface area contributed by atoms with Crippen LogP contribution >= 0.6 is 11.6 Å². The van der Waals surface area contributed by atoms with Crippen LogP contribution in [0.25, 0.3) is 0 Å². The first-order chi connectivity index (χ1) is 7.92. The molecule has 0 radical (unpaired) electrons. The van der Waals surface area contributed by atoms with Gasteiger partial charge in [0.05, 0.1) is 12.0 Å². The molecule has 0 saturated heterocycles. The van der Waals surface area contributed by atoms with Crippen molar-refractivity contribution < 1.29 is 4.74 Å². The predicted molar refractivity (Wildman–Crippen MR) is 74.7 cm³/mol. The van der Waals surface area contributed by atoms with Crippen molar-refractivity contribution in [2.75, 3.05) is 13.7 Å². The van der Waals surface area contributed by atoms with Gasteiger partial charge in [-0.15, -0.1) is 11.6 Å². The zero-order valence-electron chi connectivity index (χ0n) is 11.3. The monoisotopic (exact) mass is 254 g/mol. The molecule has 0 aliphatic heterocycles. The van der Waals surface area contributed by atoms with Gasteiger partial charge < -0.3 is 4.74 Å². The highest BCUT2D eigenvalue weighted by atomic mass is 35.5. The van der Waals surface area contributed by atoms with Gasteiger partial charge in [0.1, 0.15) is 0 Å². The minimum absolute atomic E-state index is 0.103. The van der Waals surface area contributed by atoms with Gasteiger partial charge in [-0.25, -0.2) is 0 Å². The summed E-state index contributed by atoms with van der Waals surface area (Å²) in [6, 6.07) is 8.56. The van der Waals surface area contributed by atoms with Gasteiger partial charge in [0.2, 0.25) is 0 Å². The van der Waals surface area contributed by atoms with E-state index in [4.69, 9.17) is 16.3 Å². The maximum atomic E-state index is 6.42. The van der Waals surface area contributed by atoms with Gasteiger partial charge in [-0.2, -0.15) is 0 Å². The SMILES string of the molecule is COCCc1ccc(C(Cl)CC(C)(C)C)cc1. The van der Waals surface area contributed by atoms with Gasteiger partial charge in [-0.05, 0) is 29.4 Å².